The van der Waals surface area contributed by atoms with Crippen molar-refractivity contribution in [3.8, 4) is 0 Å². The molecule has 0 unspecified atom stereocenters. The molecule has 3 aromatic rings. The molecular formula is C29H31Cl4N3O4S. The number of benzene rings is 3. The summed E-state index contributed by atoms with van der Waals surface area (Å²) in [6.07, 6.45) is 0.690. The molecule has 3 rings (SSSR count). The molecule has 2 amide bonds. The fraction of sp³-hybridized carbons (Fsp3) is 0.310. The minimum atomic E-state index is -4.24. The number of halogens is 4. The predicted molar refractivity (Wildman–Crippen MR) is 167 cm³/mol. The standard InChI is InChI=1S/C29H31Cl4N3O4S/c1-5-19(3)34-29(38)20(4)35(16-21-8-9-22(30)14-26(21)32)28(37)17-36(23-10-13-25(31)27(33)15-23)41(39,40)24-11-6-18(2)7-12-24/h6-15,19-20H,5,16-17H2,1-4H3,(H,34,38)/t19-,20-/m0/s1. The quantitative estimate of drug-likeness (QED) is 0.237. The number of amides is 2. The number of sulfonamides is 1. The molecule has 0 aliphatic carbocycles. The number of carbonyl (C=O) groups excluding carboxylic acids is 2. The Morgan fingerprint density at radius 3 is 2.12 bits per heavy atom. The number of hydrogen-bond acceptors (Lipinski definition) is 4. The Kier molecular flexibility index (Phi) is 11.4. The monoisotopic (exact) mass is 657 g/mol. The third kappa shape index (κ3) is 8.30. The fourth-order valence-corrected chi connectivity index (χ4v) is 6.05. The first-order valence-electron chi connectivity index (χ1n) is 12.8. The van der Waals surface area contributed by atoms with E-state index in [1.54, 1.807) is 31.2 Å². The van der Waals surface area contributed by atoms with Crippen molar-refractivity contribution in [1.82, 2.24) is 10.2 Å². The van der Waals surface area contributed by atoms with Crippen molar-refractivity contribution in [1.29, 1.82) is 0 Å². The van der Waals surface area contributed by atoms with Crippen LogP contribution in [0.25, 0.3) is 0 Å². The van der Waals surface area contributed by atoms with E-state index in [9.17, 15) is 18.0 Å². The number of aryl methyl sites for hydroxylation is 1. The van der Waals surface area contributed by atoms with E-state index in [2.05, 4.69) is 5.32 Å². The number of hydrogen-bond donors (Lipinski definition) is 1. The first kappa shape index (κ1) is 33.0. The van der Waals surface area contributed by atoms with Crippen molar-refractivity contribution < 1.29 is 18.0 Å². The summed E-state index contributed by atoms with van der Waals surface area (Å²) in [5, 5.41) is 3.94. The van der Waals surface area contributed by atoms with Gasteiger partial charge in [0.2, 0.25) is 11.8 Å². The van der Waals surface area contributed by atoms with Crippen LogP contribution in [-0.2, 0) is 26.2 Å². The molecule has 0 radical (unpaired) electrons. The van der Waals surface area contributed by atoms with Crippen LogP contribution in [0.5, 0.6) is 0 Å². The molecule has 0 aromatic heterocycles. The van der Waals surface area contributed by atoms with Gasteiger partial charge in [-0.3, -0.25) is 13.9 Å². The highest BCUT2D eigenvalue weighted by Gasteiger charge is 2.33. The van der Waals surface area contributed by atoms with Gasteiger partial charge in [-0.05, 0) is 75.2 Å². The second-order valence-corrected chi connectivity index (χ2v) is 13.2. The Morgan fingerprint density at radius 2 is 1.54 bits per heavy atom. The van der Waals surface area contributed by atoms with Gasteiger partial charge in [0.05, 0.1) is 20.6 Å². The number of nitrogens with zero attached hydrogens (tertiary/aromatic N) is 2. The Morgan fingerprint density at radius 1 is 0.878 bits per heavy atom. The normalized spacial score (nSPS) is 12.9. The van der Waals surface area contributed by atoms with Gasteiger partial charge in [0, 0.05) is 22.6 Å². The third-order valence-corrected chi connectivity index (χ3v) is 9.72. The minimum absolute atomic E-state index is 0.0168. The lowest BCUT2D eigenvalue weighted by atomic mass is 10.1. The van der Waals surface area contributed by atoms with Crippen molar-refractivity contribution in [3.05, 3.63) is 91.9 Å². The molecule has 0 heterocycles. The lowest BCUT2D eigenvalue weighted by Crippen LogP contribution is -2.52. The van der Waals surface area contributed by atoms with Gasteiger partial charge in [0.1, 0.15) is 12.6 Å². The summed E-state index contributed by atoms with van der Waals surface area (Å²) in [6, 6.07) is 14.3. The third-order valence-electron chi connectivity index (χ3n) is 6.60. The van der Waals surface area contributed by atoms with Gasteiger partial charge in [-0.2, -0.15) is 0 Å². The van der Waals surface area contributed by atoms with Crippen molar-refractivity contribution >= 4 is 73.9 Å². The summed E-state index contributed by atoms with van der Waals surface area (Å²) in [7, 11) is -4.24. The summed E-state index contributed by atoms with van der Waals surface area (Å²) in [6.45, 7) is 6.51. The maximum absolute atomic E-state index is 14.0. The van der Waals surface area contributed by atoms with E-state index in [4.69, 9.17) is 46.4 Å². The highest BCUT2D eigenvalue weighted by Crippen LogP contribution is 2.31. The van der Waals surface area contributed by atoms with Crippen molar-refractivity contribution in [2.45, 2.75) is 57.6 Å². The van der Waals surface area contributed by atoms with Crippen molar-refractivity contribution in [2.75, 3.05) is 10.8 Å². The molecule has 2 atom stereocenters. The summed E-state index contributed by atoms with van der Waals surface area (Å²) in [5.41, 5.74) is 1.54. The van der Waals surface area contributed by atoms with E-state index < -0.39 is 28.5 Å². The molecule has 0 bridgehead atoms. The SMILES string of the molecule is CC[C@H](C)NC(=O)[C@H](C)N(Cc1ccc(Cl)cc1Cl)C(=O)CN(c1ccc(Cl)c(Cl)c1)S(=O)(=O)c1ccc(C)cc1. The second-order valence-electron chi connectivity index (χ2n) is 9.67. The Labute approximate surface area is 261 Å². The zero-order valence-corrected chi connectivity index (χ0v) is 26.8. The average molecular weight is 659 g/mol. The summed E-state index contributed by atoms with van der Waals surface area (Å²) < 4.78 is 28.8. The summed E-state index contributed by atoms with van der Waals surface area (Å²) in [4.78, 5) is 28.4. The molecule has 7 nitrogen and oxygen atoms in total. The van der Waals surface area contributed by atoms with Crippen LogP contribution in [0.2, 0.25) is 20.1 Å². The average Bonchev–Trinajstić information content (AvgIpc) is 2.92. The maximum atomic E-state index is 14.0. The molecule has 0 saturated carbocycles. The van der Waals surface area contributed by atoms with Crippen LogP contribution in [0.3, 0.4) is 0 Å². The molecule has 0 fully saturated rings. The van der Waals surface area contributed by atoms with E-state index in [1.165, 1.54) is 41.3 Å². The van der Waals surface area contributed by atoms with E-state index >= 15 is 0 Å². The first-order valence-corrected chi connectivity index (χ1v) is 15.8. The minimum Gasteiger partial charge on any atom is -0.352 e. The zero-order valence-electron chi connectivity index (χ0n) is 23.0. The molecule has 0 spiro atoms. The van der Waals surface area contributed by atoms with Gasteiger partial charge in [-0.25, -0.2) is 8.42 Å². The van der Waals surface area contributed by atoms with Crippen LogP contribution in [0, 0.1) is 6.92 Å². The van der Waals surface area contributed by atoms with Gasteiger partial charge >= 0.3 is 0 Å². The van der Waals surface area contributed by atoms with Crippen LogP contribution in [0.1, 0.15) is 38.3 Å². The van der Waals surface area contributed by atoms with Crippen LogP contribution in [0.4, 0.5) is 5.69 Å². The fourth-order valence-electron chi connectivity index (χ4n) is 3.89. The molecule has 1 N–H and O–H groups in total. The van der Waals surface area contributed by atoms with Crippen molar-refractivity contribution in [2.24, 2.45) is 0 Å². The number of nitrogens with one attached hydrogen (secondary N) is 1. The smallest absolute Gasteiger partial charge is 0.264 e. The largest absolute Gasteiger partial charge is 0.352 e. The van der Waals surface area contributed by atoms with Crippen molar-refractivity contribution in [3.63, 3.8) is 0 Å². The Bertz CT molecular complexity index is 1520. The van der Waals surface area contributed by atoms with Gasteiger partial charge < -0.3 is 10.2 Å². The van der Waals surface area contributed by atoms with Crippen LogP contribution >= 0.6 is 46.4 Å². The van der Waals surface area contributed by atoms with E-state index in [0.29, 0.717) is 22.0 Å². The Balaban J connectivity index is 2.07. The topological polar surface area (TPSA) is 86.8 Å². The van der Waals surface area contributed by atoms with Crippen LogP contribution < -0.4 is 9.62 Å². The lowest BCUT2D eigenvalue weighted by molar-refractivity contribution is -0.139. The van der Waals surface area contributed by atoms with Gasteiger partial charge in [-0.15, -0.1) is 0 Å². The van der Waals surface area contributed by atoms with Crippen LogP contribution in [0.15, 0.2) is 65.6 Å². The highest BCUT2D eigenvalue weighted by atomic mass is 35.5. The predicted octanol–water partition coefficient (Wildman–Crippen LogP) is 7.14. The lowest BCUT2D eigenvalue weighted by Gasteiger charge is -2.32. The molecule has 0 aliphatic heterocycles. The van der Waals surface area contributed by atoms with Gasteiger partial charge in [0.15, 0.2) is 0 Å². The summed E-state index contributed by atoms with van der Waals surface area (Å²) in [5.74, 6) is -1.02. The van der Waals surface area contributed by atoms with Gasteiger partial charge in [-0.1, -0.05) is 77.1 Å². The molecular weight excluding hydrogens is 628 g/mol. The highest BCUT2D eigenvalue weighted by molar-refractivity contribution is 7.92. The zero-order chi connectivity index (χ0) is 30.5. The number of anilines is 1. The number of rotatable bonds is 11. The molecule has 0 aliphatic rings. The maximum Gasteiger partial charge on any atom is 0.264 e. The number of carbonyl (C=O) groups is 2. The molecule has 0 saturated heterocycles. The molecule has 12 heteroatoms. The van der Waals surface area contributed by atoms with E-state index in [-0.39, 0.29) is 39.1 Å². The van der Waals surface area contributed by atoms with E-state index in [1.807, 2.05) is 20.8 Å². The molecule has 220 valence electrons. The summed E-state index contributed by atoms with van der Waals surface area (Å²) >= 11 is 24.8. The van der Waals surface area contributed by atoms with E-state index in [0.717, 1.165) is 9.87 Å². The van der Waals surface area contributed by atoms with Crippen LogP contribution in [-0.4, -0.2) is 43.8 Å². The Hall–Kier alpha value is -2.49. The molecule has 3 aromatic carbocycles. The molecule has 41 heavy (non-hydrogen) atoms. The van der Waals surface area contributed by atoms with Gasteiger partial charge in [0.25, 0.3) is 10.0 Å². The first-order chi connectivity index (χ1) is 19.2. The second kappa shape index (κ2) is 14.1.